The molecule has 0 radical (unpaired) electrons. The minimum Gasteiger partial charge on any atom is -0.541 e. The largest absolute Gasteiger partial charge is 0.541 e. The van der Waals surface area contributed by atoms with Crippen molar-refractivity contribution < 1.29 is 55.8 Å². The van der Waals surface area contributed by atoms with Gasteiger partial charge in [0, 0.05) is 30.3 Å². The summed E-state index contributed by atoms with van der Waals surface area (Å²) in [4.78, 5) is 81.7. The zero-order chi connectivity index (χ0) is 48.7. The predicted molar refractivity (Wildman–Crippen MR) is 251 cm³/mol. The van der Waals surface area contributed by atoms with Crippen molar-refractivity contribution in [3.05, 3.63) is 77.4 Å². The predicted octanol–water partition coefficient (Wildman–Crippen LogP) is 5.96. The molecule has 0 saturated heterocycles. The highest BCUT2D eigenvalue weighted by atomic mass is 32.2. The maximum Gasteiger partial charge on any atom is 0.414 e. The Balaban J connectivity index is 1.23. The summed E-state index contributed by atoms with van der Waals surface area (Å²) in [6.45, 7) is 15.2. The van der Waals surface area contributed by atoms with Crippen LogP contribution in [0.3, 0.4) is 0 Å². The van der Waals surface area contributed by atoms with Gasteiger partial charge in [0.05, 0.1) is 38.1 Å². The molecule has 5 amide bonds. The van der Waals surface area contributed by atoms with E-state index in [1.165, 1.54) is 26.0 Å². The van der Waals surface area contributed by atoms with Crippen LogP contribution in [0.5, 0.6) is 11.5 Å². The third-order valence-corrected chi connectivity index (χ3v) is 17.4. The van der Waals surface area contributed by atoms with Crippen LogP contribution in [0.2, 0.25) is 18.1 Å². The van der Waals surface area contributed by atoms with Crippen LogP contribution in [0.1, 0.15) is 88.7 Å². The third kappa shape index (κ3) is 12.5. The van der Waals surface area contributed by atoms with Gasteiger partial charge in [-0.25, -0.2) is 9.52 Å². The molecule has 2 heterocycles. The molecular formula is C46H62N6O12SSi. The van der Waals surface area contributed by atoms with Gasteiger partial charge in [-0.3, -0.25) is 28.9 Å². The molecule has 20 heteroatoms. The van der Waals surface area contributed by atoms with E-state index >= 15 is 0 Å². The number of para-hydroxylation sites is 1. The van der Waals surface area contributed by atoms with Crippen LogP contribution in [-0.2, 0) is 51.9 Å². The molecule has 0 aliphatic carbocycles. The average molecular weight is 951 g/mol. The number of methoxy groups -OCH3 is 2. The number of rotatable bonds is 18. The fourth-order valence-electron chi connectivity index (χ4n) is 7.18. The maximum absolute atomic E-state index is 14.4. The first-order valence-corrected chi connectivity index (χ1v) is 26.2. The highest BCUT2D eigenvalue weighted by molar-refractivity contribution is 7.88. The van der Waals surface area contributed by atoms with Gasteiger partial charge >= 0.3 is 22.3 Å². The molecular weight excluding hydrogens is 889 g/mol. The van der Waals surface area contributed by atoms with Crippen molar-refractivity contribution in [2.75, 3.05) is 35.9 Å². The highest BCUT2D eigenvalue weighted by Gasteiger charge is 2.44. The summed E-state index contributed by atoms with van der Waals surface area (Å²) in [6, 6.07) is 14.7. The van der Waals surface area contributed by atoms with E-state index < -0.39 is 66.3 Å². The van der Waals surface area contributed by atoms with Gasteiger partial charge in [-0.05, 0) is 85.6 Å². The van der Waals surface area contributed by atoms with Crippen LogP contribution in [0.15, 0.2) is 60.7 Å². The van der Waals surface area contributed by atoms with Gasteiger partial charge in [-0.1, -0.05) is 65.0 Å². The molecule has 0 unspecified atom stereocenters. The van der Waals surface area contributed by atoms with Gasteiger partial charge in [-0.2, -0.15) is 13.1 Å². The molecule has 3 atom stereocenters. The molecule has 4 N–H and O–H groups in total. The molecule has 0 saturated carbocycles. The van der Waals surface area contributed by atoms with Crippen molar-refractivity contribution in [1.29, 1.82) is 0 Å². The van der Waals surface area contributed by atoms with Gasteiger partial charge < -0.3 is 34.2 Å². The Hall–Kier alpha value is -5.99. The number of amides is 5. The van der Waals surface area contributed by atoms with E-state index in [9.17, 15) is 37.2 Å². The summed E-state index contributed by atoms with van der Waals surface area (Å²) in [5, 5.41) is 5.07. The van der Waals surface area contributed by atoms with Crippen LogP contribution in [0.25, 0.3) is 0 Å². The van der Waals surface area contributed by atoms with Crippen LogP contribution in [0, 0.1) is 5.92 Å². The van der Waals surface area contributed by atoms with E-state index in [4.69, 9.17) is 13.9 Å². The minimum absolute atomic E-state index is 0.0858. The molecule has 66 heavy (non-hydrogen) atoms. The molecule has 2 aliphatic heterocycles. The number of hydrogen-bond acceptors (Lipinski definition) is 12. The lowest BCUT2D eigenvalue weighted by Gasteiger charge is -2.37. The van der Waals surface area contributed by atoms with Gasteiger partial charge in [0.2, 0.25) is 17.7 Å². The monoisotopic (exact) mass is 950 g/mol. The van der Waals surface area contributed by atoms with Crippen molar-refractivity contribution in [3.63, 3.8) is 0 Å². The van der Waals surface area contributed by atoms with E-state index in [-0.39, 0.29) is 55.0 Å². The number of fused-ring (bicyclic) bond motifs is 4. The van der Waals surface area contributed by atoms with Gasteiger partial charge in [0.25, 0.3) is 14.2 Å². The first kappa shape index (κ1) is 51.0. The number of carbonyl (C=O) groups excluding carboxylic acids is 6. The van der Waals surface area contributed by atoms with E-state index in [1.807, 2.05) is 29.0 Å². The molecule has 2 aliphatic rings. The lowest BCUT2D eigenvalue weighted by atomic mass is 10.0. The number of esters is 1. The van der Waals surface area contributed by atoms with Crippen molar-refractivity contribution in [3.8, 4) is 11.5 Å². The number of ether oxygens (including phenoxy) is 3. The standard InChI is InChI=1S/C46H62N6O12SSi/c1-28(2)41(50-65(59,60)49-39(53)17-13-14-18-40(54)62-8)43(56)47-29(3)42(55)48-32-21-19-30(20-22-32)27-63-45(58)51-26-33-23-31-15-11-12-16-35(31)52(33)44(57)34-24-37(61-7)38(25-36(34)51)64-66(9,10)46(4,5)6/h11-12,15-16,19-22,24-25,28-29,33,41,50H,13-14,17-18,23,26-27H2,1-10H3,(H,47,56)(H,48,55)(H,49,53)/t29-,33-,41-/m0/s1. The number of carbonyl (C=O) groups is 6. The van der Waals surface area contributed by atoms with Crippen molar-refractivity contribution in [1.82, 2.24) is 14.8 Å². The number of anilines is 3. The number of nitrogens with one attached hydrogen (secondary N) is 4. The van der Waals surface area contributed by atoms with E-state index in [0.717, 1.165) is 11.3 Å². The summed E-state index contributed by atoms with van der Waals surface area (Å²) < 4.78 is 52.4. The van der Waals surface area contributed by atoms with Crippen molar-refractivity contribution in [2.24, 2.45) is 5.92 Å². The highest BCUT2D eigenvalue weighted by Crippen LogP contribution is 2.45. The zero-order valence-electron chi connectivity index (χ0n) is 39.2. The van der Waals surface area contributed by atoms with E-state index in [0.29, 0.717) is 41.3 Å². The Morgan fingerprint density at radius 1 is 0.879 bits per heavy atom. The fraction of sp³-hybridized carbons (Fsp3) is 0.478. The zero-order valence-corrected chi connectivity index (χ0v) is 41.1. The molecule has 18 nitrogen and oxygen atoms in total. The Morgan fingerprint density at radius 2 is 1.55 bits per heavy atom. The Morgan fingerprint density at radius 3 is 2.18 bits per heavy atom. The van der Waals surface area contributed by atoms with Crippen LogP contribution in [-0.4, -0.2) is 91.3 Å². The van der Waals surface area contributed by atoms with Crippen LogP contribution >= 0.6 is 0 Å². The van der Waals surface area contributed by atoms with Gasteiger partial charge in [-0.15, -0.1) is 0 Å². The molecule has 358 valence electrons. The maximum atomic E-state index is 14.4. The minimum atomic E-state index is -4.46. The third-order valence-electron chi connectivity index (χ3n) is 12.0. The van der Waals surface area contributed by atoms with E-state index in [2.05, 4.69) is 54.0 Å². The van der Waals surface area contributed by atoms with Crippen LogP contribution in [0.4, 0.5) is 21.9 Å². The molecule has 3 aromatic rings. The molecule has 5 rings (SSSR count). The lowest BCUT2D eigenvalue weighted by molar-refractivity contribution is -0.140. The van der Waals surface area contributed by atoms with Gasteiger partial charge in [0.15, 0.2) is 5.75 Å². The second kappa shape index (κ2) is 21.1. The number of unbranched alkanes of at least 4 members (excludes halogenated alkanes) is 1. The molecule has 0 bridgehead atoms. The first-order valence-electron chi connectivity index (χ1n) is 21.8. The summed E-state index contributed by atoms with van der Waals surface area (Å²) in [5.41, 5.74) is 3.36. The Kier molecular flexibility index (Phi) is 16.3. The van der Waals surface area contributed by atoms with Crippen LogP contribution < -0.4 is 39.0 Å². The van der Waals surface area contributed by atoms with Gasteiger partial charge in [0.1, 0.15) is 24.4 Å². The number of nitrogens with zero attached hydrogens (tertiary/aromatic N) is 2. The molecule has 0 fully saturated rings. The summed E-state index contributed by atoms with van der Waals surface area (Å²) in [6.07, 6.45) is 0.349. The SMILES string of the molecule is COC(=O)CCCCC(=O)NS(=O)(=O)N[C@H](C(=O)N[C@@H](C)C(=O)Nc1ccc(COC(=O)N2C[C@@H]3Cc4ccccc4N3C(=O)c3cc(OC)c(O[Si](C)(C)C(C)(C)C)cc32)cc1)C(C)C. The quantitative estimate of drug-likeness (QED) is 0.0658. The summed E-state index contributed by atoms with van der Waals surface area (Å²) in [7, 11) is -4.10. The molecule has 0 aromatic heterocycles. The van der Waals surface area contributed by atoms with Crippen molar-refractivity contribution >= 4 is 71.3 Å². The van der Waals surface area contributed by atoms with Crippen molar-refractivity contribution in [2.45, 2.75) is 117 Å². The normalized spacial score (nSPS) is 15.6. The Labute approximate surface area is 387 Å². The summed E-state index contributed by atoms with van der Waals surface area (Å²) >= 11 is 0. The smallest absolute Gasteiger partial charge is 0.414 e. The molecule has 3 aromatic carbocycles. The van der Waals surface area contributed by atoms with E-state index in [1.54, 1.807) is 55.1 Å². The lowest BCUT2D eigenvalue weighted by Crippen LogP contribution is -2.56. The molecule has 0 spiro atoms. The number of hydrogen-bond donors (Lipinski definition) is 4. The first-order chi connectivity index (χ1) is 30.9. The number of benzene rings is 3. The second-order valence-electron chi connectivity index (χ2n) is 18.3. The summed E-state index contributed by atoms with van der Waals surface area (Å²) in [5.74, 6) is -2.69. The fourth-order valence-corrected chi connectivity index (χ4v) is 9.37. The topological polar surface area (TPSA) is 228 Å². The second-order valence-corrected chi connectivity index (χ2v) is 24.4. The Bertz CT molecular complexity index is 2420. The average Bonchev–Trinajstić information content (AvgIpc) is 3.57.